The number of hydrogen-bond donors (Lipinski definition) is 2. The Morgan fingerprint density at radius 1 is 1.06 bits per heavy atom. The fraction of sp³-hybridized carbons (Fsp3) is 0.417. The van der Waals surface area contributed by atoms with Crippen LogP contribution in [0.25, 0.3) is 11.1 Å². The second-order valence-corrected chi connectivity index (χ2v) is 8.86. The van der Waals surface area contributed by atoms with E-state index in [1.165, 1.54) is 12.1 Å². The highest BCUT2D eigenvalue weighted by Crippen LogP contribution is 2.31. The number of carbonyl (C=O) groups excluding carboxylic acids is 2. The predicted octanol–water partition coefficient (Wildman–Crippen LogP) is 4.70. The average Bonchev–Trinajstić information content (AvgIpc) is 3.25. The number of carbonyl (C=O) groups is 2. The molecule has 1 atom stereocenters. The van der Waals surface area contributed by atoms with Gasteiger partial charge < -0.3 is 15.4 Å². The first kappa shape index (κ1) is 23.8. The van der Waals surface area contributed by atoms with Crippen LogP contribution in [-0.4, -0.2) is 30.1 Å². The van der Waals surface area contributed by atoms with Crippen molar-refractivity contribution in [3.05, 3.63) is 59.2 Å². The molecule has 1 fully saturated rings. The van der Waals surface area contributed by atoms with Crippen molar-refractivity contribution in [2.24, 2.45) is 0 Å². The summed E-state index contributed by atoms with van der Waals surface area (Å²) < 4.78 is 44.2. The highest BCUT2D eigenvalue weighted by molar-refractivity contribution is 5.92. The van der Waals surface area contributed by atoms with Gasteiger partial charge in [0.05, 0.1) is 17.2 Å². The Kier molecular flexibility index (Phi) is 6.93. The van der Waals surface area contributed by atoms with Gasteiger partial charge in [-0.2, -0.15) is 13.2 Å². The number of nitrogens with one attached hydrogen (secondary N) is 2. The zero-order valence-corrected chi connectivity index (χ0v) is 18.3. The Morgan fingerprint density at radius 2 is 1.75 bits per heavy atom. The van der Waals surface area contributed by atoms with Gasteiger partial charge in [-0.15, -0.1) is 0 Å². The van der Waals surface area contributed by atoms with Crippen LogP contribution < -0.4 is 10.6 Å². The van der Waals surface area contributed by atoms with Crippen molar-refractivity contribution in [1.82, 2.24) is 10.6 Å². The molecule has 3 rings (SSSR count). The van der Waals surface area contributed by atoms with Crippen molar-refractivity contribution in [3.63, 3.8) is 0 Å². The number of amides is 1. The summed E-state index contributed by atoms with van der Waals surface area (Å²) in [5, 5.41) is 5.99. The van der Waals surface area contributed by atoms with E-state index in [1.807, 2.05) is 0 Å². The van der Waals surface area contributed by atoms with E-state index in [1.54, 1.807) is 39.0 Å². The normalized spacial score (nSPS) is 16.6. The van der Waals surface area contributed by atoms with Gasteiger partial charge in [-0.1, -0.05) is 12.1 Å². The summed E-state index contributed by atoms with van der Waals surface area (Å²) in [4.78, 5) is 25.0. The lowest BCUT2D eigenvalue weighted by Crippen LogP contribution is -2.40. The van der Waals surface area contributed by atoms with E-state index >= 15 is 0 Å². The second kappa shape index (κ2) is 9.32. The van der Waals surface area contributed by atoms with Gasteiger partial charge in [0.1, 0.15) is 5.60 Å². The quantitative estimate of drug-likeness (QED) is 0.651. The zero-order chi connectivity index (χ0) is 23.5. The first-order valence-corrected chi connectivity index (χ1v) is 10.5. The van der Waals surface area contributed by atoms with E-state index in [0.717, 1.165) is 31.5 Å². The standard InChI is InChI=1S/C24H27F3N2O3/c1-23(2,3)32-22(31)18-12-15(14-29-21(30)20-5-4-10-28-20)11-17(13-18)16-6-8-19(9-7-16)24(25,26)27/h6-9,11-13,20,28H,4-5,10,14H2,1-3H3,(H,29,30)/t20-/m0/s1. The van der Waals surface area contributed by atoms with Crippen LogP contribution in [0.1, 0.15) is 55.1 Å². The van der Waals surface area contributed by atoms with Crippen molar-refractivity contribution in [3.8, 4) is 11.1 Å². The molecule has 2 aromatic rings. The first-order chi connectivity index (χ1) is 14.9. The molecule has 2 N–H and O–H groups in total. The molecule has 0 spiro atoms. The summed E-state index contributed by atoms with van der Waals surface area (Å²) in [7, 11) is 0. The maximum Gasteiger partial charge on any atom is 0.416 e. The lowest BCUT2D eigenvalue weighted by Gasteiger charge is -2.20. The molecule has 1 heterocycles. The van der Waals surface area contributed by atoms with Crippen LogP contribution in [0.3, 0.4) is 0 Å². The number of alkyl halides is 3. The Balaban J connectivity index is 1.89. The zero-order valence-electron chi connectivity index (χ0n) is 18.3. The van der Waals surface area contributed by atoms with Gasteiger partial charge >= 0.3 is 12.1 Å². The van der Waals surface area contributed by atoms with E-state index in [2.05, 4.69) is 10.6 Å². The highest BCUT2D eigenvalue weighted by atomic mass is 19.4. The van der Waals surface area contributed by atoms with Crippen molar-refractivity contribution in [2.45, 2.75) is 58.0 Å². The third-order valence-electron chi connectivity index (χ3n) is 5.02. The SMILES string of the molecule is CC(C)(C)OC(=O)c1cc(CNC(=O)[C@@H]2CCCN2)cc(-c2ccc(C(F)(F)F)cc2)c1. The minimum Gasteiger partial charge on any atom is -0.456 e. The van der Waals surface area contributed by atoms with Gasteiger partial charge in [-0.05, 0) is 87.2 Å². The fourth-order valence-corrected chi connectivity index (χ4v) is 3.49. The Hall–Kier alpha value is -2.87. The molecule has 2 aromatic carbocycles. The maximum absolute atomic E-state index is 12.9. The molecule has 0 bridgehead atoms. The number of halogens is 3. The van der Waals surface area contributed by atoms with Crippen LogP contribution in [-0.2, 0) is 22.3 Å². The molecular weight excluding hydrogens is 421 g/mol. The molecule has 1 aliphatic heterocycles. The molecule has 172 valence electrons. The summed E-state index contributed by atoms with van der Waals surface area (Å²) in [5.74, 6) is -0.669. The number of hydrogen-bond acceptors (Lipinski definition) is 4. The molecule has 0 saturated carbocycles. The van der Waals surface area contributed by atoms with Crippen molar-refractivity contribution in [2.75, 3.05) is 6.54 Å². The van der Waals surface area contributed by atoms with E-state index < -0.39 is 23.3 Å². The predicted molar refractivity (Wildman–Crippen MR) is 115 cm³/mol. The van der Waals surface area contributed by atoms with E-state index in [9.17, 15) is 22.8 Å². The molecular formula is C24H27F3N2O3. The minimum atomic E-state index is -4.43. The summed E-state index contributed by atoms with van der Waals surface area (Å²) in [5.41, 5.74) is 0.541. The number of esters is 1. The second-order valence-electron chi connectivity index (χ2n) is 8.86. The van der Waals surface area contributed by atoms with Crippen LogP contribution in [0, 0.1) is 0 Å². The molecule has 32 heavy (non-hydrogen) atoms. The van der Waals surface area contributed by atoms with E-state index in [4.69, 9.17) is 4.74 Å². The monoisotopic (exact) mass is 448 g/mol. The molecule has 5 nitrogen and oxygen atoms in total. The fourth-order valence-electron chi connectivity index (χ4n) is 3.49. The van der Waals surface area contributed by atoms with Crippen LogP contribution >= 0.6 is 0 Å². The molecule has 1 amide bonds. The first-order valence-electron chi connectivity index (χ1n) is 10.5. The average molecular weight is 448 g/mol. The Bertz CT molecular complexity index is 973. The van der Waals surface area contributed by atoms with Crippen molar-refractivity contribution >= 4 is 11.9 Å². The van der Waals surface area contributed by atoms with Crippen LogP contribution in [0.2, 0.25) is 0 Å². The van der Waals surface area contributed by atoms with Crippen LogP contribution in [0.4, 0.5) is 13.2 Å². The van der Waals surface area contributed by atoms with Gasteiger partial charge in [0.25, 0.3) is 0 Å². The van der Waals surface area contributed by atoms with Gasteiger partial charge in [0.15, 0.2) is 0 Å². The molecule has 0 aromatic heterocycles. The molecule has 1 aliphatic rings. The maximum atomic E-state index is 12.9. The summed E-state index contributed by atoms with van der Waals surface area (Å²) in [6.45, 7) is 6.23. The van der Waals surface area contributed by atoms with Crippen molar-refractivity contribution < 1.29 is 27.5 Å². The third kappa shape index (κ3) is 6.32. The third-order valence-corrected chi connectivity index (χ3v) is 5.02. The molecule has 0 aliphatic carbocycles. The number of benzene rings is 2. The lowest BCUT2D eigenvalue weighted by molar-refractivity contribution is -0.137. The summed E-state index contributed by atoms with van der Waals surface area (Å²) in [6.07, 6.45) is -2.73. The lowest BCUT2D eigenvalue weighted by atomic mass is 9.98. The van der Waals surface area contributed by atoms with Crippen LogP contribution in [0.5, 0.6) is 0 Å². The largest absolute Gasteiger partial charge is 0.456 e. The number of ether oxygens (including phenoxy) is 1. The van der Waals surface area contributed by atoms with Gasteiger partial charge in [-0.3, -0.25) is 4.79 Å². The molecule has 1 saturated heterocycles. The molecule has 0 radical (unpaired) electrons. The van der Waals surface area contributed by atoms with Gasteiger partial charge in [0, 0.05) is 6.54 Å². The minimum absolute atomic E-state index is 0.124. The summed E-state index contributed by atoms with van der Waals surface area (Å²) in [6, 6.07) is 9.46. The molecule has 8 heteroatoms. The van der Waals surface area contributed by atoms with E-state index in [-0.39, 0.29) is 24.1 Å². The summed E-state index contributed by atoms with van der Waals surface area (Å²) >= 11 is 0. The topological polar surface area (TPSA) is 67.4 Å². The molecule has 0 unspecified atom stereocenters. The van der Waals surface area contributed by atoms with Crippen molar-refractivity contribution in [1.29, 1.82) is 0 Å². The Morgan fingerprint density at radius 3 is 2.31 bits per heavy atom. The smallest absolute Gasteiger partial charge is 0.416 e. The Labute approximate surface area is 185 Å². The van der Waals surface area contributed by atoms with Gasteiger partial charge in [0.2, 0.25) is 5.91 Å². The number of rotatable bonds is 5. The van der Waals surface area contributed by atoms with Gasteiger partial charge in [-0.25, -0.2) is 4.79 Å². The van der Waals surface area contributed by atoms with Crippen LogP contribution in [0.15, 0.2) is 42.5 Å². The highest BCUT2D eigenvalue weighted by Gasteiger charge is 2.30. The van der Waals surface area contributed by atoms with E-state index in [0.29, 0.717) is 16.7 Å².